The van der Waals surface area contributed by atoms with Crippen LogP contribution >= 0.6 is 11.3 Å². The van der Waals surface area contributed by atoms with Crippen LogP contribution in [0.2, 0.25) is 0 Å². The number of ether oxygens (including phenoxy) is 1. The molecular formula is C16H17NO2S. The first kappa shape index (κ1) is 13.2. The summed E-state index contributed by atoms with van der Waals surface area (Å²) >= 11 is 1.69. The van der Waals surface area contributed by atoms with E-state index in [-0.39, 0.29) is 5.97 Å². The zero-order valence-electron chi connectivity index (χ0n) is 11.2. The van der Waals surface area contributed by atoms with Crippen molar-refractivity contribution < 1.29 is 9.53 Å². The van der Waals surface area contributed by atoms with Gasteiger partial charge < -0.3 is 10.1 Å². The van der Waals surface area contributed by atoms with Crippen molar-refractivity contribution in [2.24, 2.45) is 0 Å². The van der Waals surface area contributed by atoms with E-state index in [1.807, 2.05) is 29.6 Å². The molecule has 0 spiro atoms. The van der Waals surface area contributed by atoms with Gasteiger partial charge in [-0.1, -0.05) is 12.1 Å². The first-order valence-corrected chi connectivity index (χ1v) is 7.78. The van der Waals surface area contributed by atoms with Gasteiger partial charge in [-0.2, -0.15) is 0 Å². The first-order chi connectivity index (χ1) is 9.84. The predicted octanol–water partition coefficient (Wildman–Crippen LogP) is 3.51. The van der Waals surface area contributed by atoms with E-state index in [4.69, 9.17) is 4.74 Å². The zero-order valence-corrected chi connectivity index (χ0v) is 12.0. The van der Waals surface area contributed by atoms with Gasteiger partial charge in [-0.15, -0.1) is 11.3 Å². The van der Waals surface area contributed by atoms with E-state index in [0.29, 0.717) is 12.2 Å². The van der Waals surface area contributed by atoms with Crippen molar-refractivity contribution in [2.75, 3.05) is 18.5 Å². The van der Waals surface area contributed by atoms with Crippen LogP contribution in [0.5, 0.6) is 0 Å². The summed E-state index contributed by atoms with van der Waals surface area (Å²) in [6.07, 6.45) is 2.79. The van der Waals surface area contributed by atoms with E-state index < -0.39 is 0 Å². The molecule has 0 unspecified atom stereocenters. The van der Waals surface area contributed by atoms with Crippen LogP contribution in [0.4, 0.5) is 5.69 Å². The maximum Gasteiger partial charge on any atom is 0.338 e. The van der Waals surface area contributed by atoms with Crippen LogP contribution in [-0.2, 0) is 17.6 Å². The summed E-state index contributed by atoms with van der Waals surface area (Å²) in [7, 11) is 0. The van der Waals surface area contributed by atoms with E-state index in [9.17, 15) is 4.79 Å². The number of esters is 1. The van der Waals surface area contributed by atoms with Crippen LogP contribution in [0, 0.1) is 0 Å². The Morgan fingerprint density at radius 3 is 3.10 bits per heavy atom. The minimum atomic E-state index is -0.206. The Balaban J connectivity index is 1.65. The molecule has 0 saturated heterocycles. The fraction of sp³-hybridized carbons (Fsp3) is 0.312. The maximum absolute atomic E-state index is 12.2. The highest BCUT2D eigenvalue weighted by Gasteiger charge is 2.18. The molecule has 0 bridgehead atoms. The number of hydrogen-bond acceptors (Lipinski definition) is 4. The average Bonchev–Trinajstić information content (AvgIpc) is 3.00. The lowest BCUT2D eigenvalue weighted by Crippen LogP contribution is -2.17. The van der Waals surface area contributed by atoms with E-state index in [0.717, 1.165) is 37.1 Å². The predicted molar refractivity (Wildman–Crippen MR) is 81.6 cm³/mol. The number of fused-ring (bicyclic) bond motifs is 1. The minimum absolute atomic E-state index is 0.206. The molecule has 1 N–H and O–H groups in total. The Morgan fingerprint density at radius 2 is 2.25 bits per heavy atom. The smallest absolute Gasteiger partial charge is 0.338 e. The van der Waals surface area contributed by atoms with Crippen LogP contribution in [0.1, 0.15) is 27.2 Å². The monoisotopic (exact) mass is 287 g/mol. The molecule has 0 amide bonds. The summed E-state index contributed by atoms with van der Waals surface area (Å²) in [6, 6.07) is 9.87. The molecule has 4 heteroatoms. The summed E-state index contributed by atoms with van der Waals surface area (Å²) in [5.41, 5.74) is 2.88. The second-order valence-corrected chi connectivity index (χ2v) is 5.86. The van der Waals surface area contributed by atoms with Crippen molar-refractivity contribution in [1.82, 2.24) is 0 Å². The molecule has 0 aliphatic carbocycles. The summed E-state index contributed by atoms with van der Waals surface area (Å²) < 4.78 is 5.41. The Kier molecular flexibility index (Phi) is 4.02. The van der Waals surface area contributed by atoms with Crippen LogP contribution in [-0.4, -0.2) is 19.1 Å². The fourth-order valence-electron chi connectivity index (χ4n) is 2.48. The number of nitrogens with one attached hydrogen (secondary N) is 1. The minimum Gasteiger partial charge on any atom is -0.462 e. The van der Waals surface area contributed by atoms with Gasteiger partial charge in [-0.25, -0.2) is 4.79 Å². The van der Waals surface area contributed by atoms with Crippen molar-refractivity contribution in [2.45, 2.75) is 19.3 Å². The largest absolute Gasteiger partial charge is 0.462 e. The number of thiophene rings is 1. The molecule has 104 valence electrons. The summed E-state index contributed by atoms with van der Waals surface area (Å²) in [6.45, 7) is 1.42. The molecule has 1 aliphatic rings. The van der Waals surface area contributed by atoms with Gasteiger partial charge in [0, 0.05) is 23.5 Å². The first-order valence-electron chi connectivity index (χ1n) is 6.90. The number of benzene rings is 1. The summed E-state index contributed by atoms with van der Waals surface area (Å²) in [5.74, 6) is -0.206. The highest BCUT2D eigenvalue weighted by Crippen LogP contribution is 2.25. The maximum atomic E-state index is 12.2. The molecule has 2 aromatic rings. The van der Waals surface area contributed by atoms with Gasteiger partial charge in [-0.3, -0.25) is 0 Å². The lowest BCUT2D eigenvalue weighted by atomic mass is 9.98. The highest BCUT2D eigenvalue weighted by atomic mass is 32.1. The van der Waals surface area contributed by atoms with E-state index >= 15 is 0 Å². The molecule has 1 aromatic heterocycles. The van der Waals surface area contributed by atoms with Crippen LogP contribution in [0.15, 0.2) is 35.7 Å². The second kappa shape index (κ2) is 6.09. The molecule has 0 atom stereocenters. The summed E-state index contributed by atoms with van der Waals surface area (Å²) in [5, 5.41) is 5.37. The molecule has 3 nitrogen and oxygen atoms in total. The van der Waals surface area contributed by atoms with Crippen molar-refractivity contribution in [3.63, 3.8) is 0 Å². The second-order valence-electron chi connectivity index (χ2n) is 4.83. The Bertz CT molecular complexity index is 593. The van der Waals surface area contributed by atoms with Crippen molar-refractivity contribution in [3.8, 4) is 0 Å². The van der Waals surface area contributed by atoms with E-state index in [1.54, 1.807) is 11.3 Å². The van der Waals surface area contributed by atoms with Crippen molar-refractivity contribution in [3.05, 3.63) is 51.7 Å². The Hall–Kier alpha value is -1.81. The van der Waals surface area contributed by atoms with Gasteiger partial charge in [0.15, 0.2) is 0 Å². The number of carbonyl (C=O) groups excluding carboxylic acids is 1. The molecule has 1 aliphatic heterocycles. The number of rotatable bonds is 4. The van der Waals surface area contributed by atoms with E-state index in [1.165, 1.54) is 4.88 Å². The molecule has 0 fully saturated rings. The molecule has 0 radical (unpaired) electrons. The Labute approximate surface area is 122 Å². The van der Waals surface area contributed by atoms with Crippen LogP contribution in [0.25, 0.3) is 0 Å². The Morgan fingerprint density at radius 1 is 1.30 bits per heavy atom. The molecule has 2 heterocycles. The SMILES string of the molecule is O=C(OCCc1cccs1)c1cccc2c1CCCN2. The topological polar surface area (TPSA) is 38.3 Å². The third-order valence-electron chi connectivity index (χ3n) is 3.48. The average molecular weight is 287 g/mol. The summed E-state index contributed by atoms with van der Waals surface area (Å²) in [4.78, 5) is 13.4. The molecule has 0 saturated carbocycles. The number of hydrogen-bond donors (Lipinski definition) is 1. The number of anilines is 1. The van der Waals surface area contributed by atoms with Crippen LogP contribution < -0.4 is 5.32 Å². The van der Waals surface area contributed by atoms with Gasteiger partial charge in [0.1, 0.15) is 0 Å². The van der Waals surface area contributed by atoms with Gasteiger partial charge in [0.05, 0.1) is 12.2 Å². The van der Waals surface area contributed by atoms with Gasteiger partial charge in [0.2, 0.25) is 0 Å². The van der Waals surface area contributed by atoms with Crippen molar-refractivity contribution in [1.29, 1.82) is 0 Å². The normalized spacial score (nSPS) is 13.4. The number of carbonyl (C=O) groups is 1. The molecule has 1 aromatic carbocycles. The lowest BCUT2D eigenvalue weighted by molar-refractivity contribution is 0.0508. The third-order valence-corrected chi connectivity index (χ3v) is 4.41. The lowest BCUT2D eigenvalue weighted by Gasteiger charge is -2.20. The third kappa shape index (κ3) is 2.85. The standard InChI is InChI=1S/C16H17NO2S/c18-16(19-10-8-12-4-3-11-20-12)14-5-1-7-15-13(14)6-2-9-17-15/h1,3-5,7,11,17H,2,6,8-10H2. The fourth-order valence-corrected chi connectivity index (χ4v) is 3.17. The van der Waals surface area contributed by atoms with Gasteiger partial charge in [-0.05, 0) is 42.0 Å². The molecule has 3 rings (SSSR count). The molecule has 20 heavy (non-hydrogen) atoms. The van der Waals surface area contributed by atoms with E-state index in [2.05, 4.69) is 11.4 Å². The quantitative estimate of drug-likeness (QED) is 0.875. The van der Waals surface area contributed by atoms with Gasteiger partial charge in [0.25, 0.3) is 0 Å². The molecular weight excluding hydrogens is 270 g/mol. The van der Waals surface area contributed by atoms with Crippen LogP contribution in [0.3, 0.4) is 0 Å². The van der Waals surface area contributed by atoms with Crippen molar-refractivity contribution >= 4 is 23.0 Å². The van der Waals surface area contributed by atoms with Gasteiger partial charge >= 0.3 is 5.97 Å². The zero-order chi connectivity index (χ0) is 13.8. The highest BCUT2D eigenvalue weighted by molar-refractivity contribution is 7.09.